The summed E-state index contributed by atoms with van der Waals surface area (Å²) in [6.07, 6.45) is 3.44. The van der Waals surface area contributed by atoms with E-state index in [1.165, 1.54) is 0 Å². The summed E-state index contributed by atoms with van der Waals surface area (Å²) in [5.41, 5.74) is 1.04. The van der Waals surface area contributed by atoms with Gasteiger partial charge in [-0.05, 0) is 19.5 Å². The molecular formula is C12H20N6O2S. The number of sulfonamides is 1. The van der Waals surface area contributed by atoms with E-state index in [4.69, 9.17) is 0 Å². The van der Waals surface area contributed by atoms with Gasteiger partial charge in [0.2, 0.25) is 10.0 Å². The third kappa shape index (κ3) is 3.90. The normalized spacial score (nSPS) is 11.9. The molecule has 0 fully saturated rings. The minimum absolute atomic E-state index is 0.226. The first-order chi connectivity index (χ1) is 10.0. The highest BCUT2D eigenvalue weighted by Gasteiger charge is 2.23. The van der Waals surface area contributed by atoms with Crippen molar-refractivity contribution in [1.82, 2.24) is 30.0 Å². The molecule has 0 aliphatic rings. The fourth-order valence-corrected chi connectivity index (χ4v) is 3.37. The van der Waals surface area contributed by atoms with Crippen molar-refractivity contribution in [2.45, 2.75) is 31.8 Å². The largest absolute Gasteiger partial charge is 0.311 e. The molecular weight excluding hydrogens is 292 g/mol. The van der Waals surface area contributed by atoms with Crippen LogP contribution in [0.3, 0.4) is 0 Å². The molecule has 2 aromatic rings. The lowest BCUT2D eigenvalue weighted by atomic mass is 10.3. The molecule has 21 heavy (non-hydrogen) atoms. The number of hydrogen-bond acceptors (Lipinski definition) is 5. The summed E-state index contributed by atoms with van der Waals surface area (Å²) >= 11 is 0. The number of hydrogen-bond donors (Lipinski definition) is 3. The monoisotopic (exact) mass is 312 g/mol. The number of aromatic nitrogens is 4. The van der Waals surface area contributed by atoms with Crippen molar-refractivity contribution in [2.75, 3.05) is 13.1 Å². The van der Waals surface area contributed by atoms with Gasteiger partial charge in [-0.1, -0.05) is 6.92 Å². The predicted molar refractivity (Wildman–Crippen MR) is 78.1 cm³/mol. The molecule has 116 valence electrons. The van der Waals surface area contributed by atoms with Crippen LogP contribution in [-0.4, -0.2) is 41.5 Å². The second-order valence-corrected chi connectivity index (χ2v) is 6.28. The van der Waals surface area contributed by atoms with Gasteiger partial charge in [0.25, 0.3) is 0 Å². The highest BCUT2D eigenvalue weighted by molar-refractivity contribution is 7.89. The topological polar surface area (TPSA) is 105 Å². The van der Waals surface area contributed by atoms with Crippen LogP contribution in [0, 0.1) is 6.92 Å². The van der Waals surface area contributed by atoms with Crippen LogP contribution in [0.15, 0.2) is 23.4 Å². The van der Waals surface area contributed by atoms with Crippen molar-refractivity contribution in [3.05, 3.63) is 29.8 Å². The number of nitrogens with zero attached hydrogens (tertiary/aromatic N) is 3. The smallest absolute Gasteiger partial charge is 0.244 e. The third-order valence-corrected chi connectivity index (χ3v) is 4.63. The first-order valence-corrected chi connectivity index (χ1v) is 8.24. The maximum Gasteiger partial charge on any atom is 0.244 e. The van der Waals surface area contributed by atoms with E-state index in [2.05, 4.69) is 25.3 Å². The van der Waals surface area contributed by atoms with E-state index in [0.717, 1.165) is 6.54 Å². The molecule has 0 atom stereocenters. The Bertz CT molecular complexity index is 662. The van der Waals surface area contributed by atoms with Crippen LogP contribution < -0.4 is 10.0 Å². The van der Waals surface area contributed by atoms with Gasteiger partial charge in [-0.25, -0.2) is 13.1 Å². The molecule has 0 aliphatic carbocycles. The van der Waals surface area contributed by atoms with Crippen LogP contribution in [0.25, 0.3) is 0 Å². The van der Waals surface area contributed by atoms with Crippen molar-refractivity contribution in [3.8, 4) is 0 Å². The van der Waals surface area contributed by atoms with Crippen molar-refractivity contribution < 1.29 is 8.42 Å². The molecule has 0 radical (unpaired) electrons. The van der Waals surface area contributed by atoms with Crippen LogP contribution in [-0.2, 0) is 23.1 Å². The Labute approximate surface area is 124 Å². The molecule has 8 nitrogen and oxygen atoms in total. The maximum atomic E-state index is 12.4. The van der Waals surface area contributed by atoms with Crippen molar-refractivity contribution >= 4 is 10.0 Å². The third-order valence-electron chi connectivity index (χ3n) is 2.96. The summed E-state index contributed by atoms with van der Waals surface area (Å²) in [7, 11) is -3.59. The average molecular weight is 312 g/mol. The Balaban J connectivity index is 2.06. The van der Waals surface area contributed by atoms with Crippen LogP contribution in [0.4, 0.5) is 0 Å². The number of aromatic amines is 1. The van der Waals surface area contributed by atoms with Gasteiger partial charge in [0.1, 0.15) is 4.90 Å². The molecule has 0 aliphatic heterocycles. The number of aryl methyl sites for hydroxylation is 1. The van der Waals surface area contributed by atoms with Crippen LogP contribution >= 0.6 is 0 Å². The molecule has 0 bridgehead atoms. The Morgan fingerprint density at radius 3 is 2.90 bits per heavy atom. The van der Waals surface area contributed by atoms with E-state index in [-0.39, 0.29) is 11.4 Å². The van der Waals surface area contributed by atoms with E-state index in [9.17, 15) is 8.42 Å². The molecule has 0 unspecified atom stereocenters. The zero-order valence-corrected chi connectivity index (χ0v) is 12.9. The first-order valence-electron chi connectivity index (χ1n) is 6.76. The maximum absolute atomic E-state index is 12.4. The van der Waals surface area contributed by atoms with Gasteiger partial charge in [-0.3, -0.25) is 9.78 Å². The van der Waals surface area contributed by atoms with Gasteiger partial charge >= 0.3 is 0 Å². The zero-order chi connectivity index (χ0) is 15.3. The summed E-state index contributed by atoms with van der Waals surface area (Å²) in [5.74, 6) is 0. The summed E-state index contributed by atoms with van der Waals surface area (Å²) in [6, 6.07) is 1.79. The number of H-pyrrole nitrogens is 1. The standard InChI is InChI=1S/C12H20N6O2S/c1-3-13-9-11-12(10(2)16-17-11)21(19,20)15-6-8-18-7-4-5-14-18/h4-5,7,13,15H,3,6,8-9H2,1-2H3,(H,16,17). The van der Waals surface area contributed by atoms with Crippen molar-refractivity contribution in [1.29, 1.82) is 0 Å². The van der Waals surface area contributed by atoms with E-state index < -0.39 is 10.0 Å². The van der Waals surface area contributed by atoms with Crippen LogP contribution in [0.1, 0.15) is 18.3 Å². The molecule has 2 aromatic heterocycles. The molecule has 9 heteroatoms. The van der Waals surface area contributed by atoms with Crippen LogP contribution in [0.5, 0.6) is 0 Å². The van der Waals surface area contributed by atoms with Gasteiger partial charge in [0.15, 0.2) is 0 Å². The van der Waals surface area contributed by atoms with E-state index >= 15 is 0 Å². The molecule has 2 heterocycles. The SMILES string of the molecule is CCNCc1n[nH]c(C)c1S(=O)(=O)NCCn1cccn1. The Hall–Kier alpha value is -1.71. The molecule has 0 aromatic carbocycles. The highest BCUT2D eigenvalue weighted by Crippen LogP contribution is 2.17. The summed E-state index contributed by atoms with van der Waals surface area (Å²) in [4.78, 5) is 0.226. The number of rotatable bonds is 8. The Morgan fingerprint density at radius 2 is 2.24 bits per heavy atom. The fourth-order valence-electron chi connectivity index (χ4n) is 1.99. The summed E-state index contributed by atoms with van der Waals surface area (Å²) in [6.45, 7) is 5.57. The van der Waals surface area contributed by atoms with E-state index in [1.807, 2.05) is 6.92 Å². The van der Waals surface area contributed by atoms with Gasteiger partial charge in [0, 0.05) is 25.5 Å². The predicted octanol–water partition coefficient (Wildman–Crippen LogP) is 0.00262. The molecule has 0 amide bonds. The van der Waals surface area contributed by atoms with Crippen LogP contribution in [0.2, 0.25) is 0 Å². The minimum Gasteiger partial charge on any atom is -0.311 e. The van der Waals surface area contributed by atoms with Gasteiger partial charge in [-0.2, -0.15) is 10.2 Å². The molecule has 0 spiro atoms. The molecule has 0 saturated carbocycles. The van der Waals surface area contributed by atoms with E-state index in [1.54, 1.807) is 30.1 Å². The lowest BCUT2D eigenvalue weighted by molar-refractivity contribution is 0.558. The minimum atomic E-state index is -3.59. The first kappa shape index (κ1) is 15.7. The van der Waals surface area contributed by atoms with Gasteiger partial charge in [-0.15, -0.1) is 0 Å². The number of nitrogens with one attached hydrogen (secondary N) is 3. The Morgan fingerprint density at radius 1 is 1.43 bits per heavy atom. The highest BCUT2D eigenvalue weighted by atomic mass is 32.2. The summed E-state index contributed by atoms with van der Waals surface area (Å²) < 4.78 is 29.0. The summed E-state index contributed by atoms with van der Waals surface area (Å²) in [5, 5.41) is 13.9. The Kier molecular flexibility index (Phi) is 5.10. The lowest BCUT2D eigenvalue weighted by Crippen LogP contribution is -2.29. The molecule has 2 rings (SSSR count). The molecule has 3 N–H and O–H groups in total. The average Bonchev–Trinajstić information content (AvgIpc) is 3.06. The lowest BCUT2D eigenvalue weighted by Gasteiger charge is -2.08. The van der Waals surface area contributed by atoms with E-state index in [0.29, 0.717) is 24.5 Å². The zero-order valence-electron chi connectivity index (χ0n) is 12.1. The van der Waals surface area contributed by atoms with Crippen molar-refractivity contribution in [3.63, 3.8) is 0 Å². The van der Waals surface area contributed by atoms with Gasteiger partial charge < -0.3 is 5.32 Å². The second kappa shape index (κ2) is 6.83. The van der Waals surface area contributed by atoms with Crippen molar-refractivity contribution in [2.24, 2.45) is 0 Å². The quantitative estimate of drug-likeness (QED) is 0.636. The fraction of sp³-hybridized carbons (Fsp3) is 0.500. The molecule has 0 saturated heterocycles. The van der Waals surface area contributed by atoms with Gasteiger partial charge in [0.05, 0.1) is 17.9 Å². The second-order valence-electron chi connectivity index (χ2n) is 4.57.